The van der Waals surface area contributed by atoms with Crippen molar-refractivity contribution in [2.75, 3.05) is 0 Å². The molecule has 54 valence electrons. The van der Waals surface area contributed by atoms with Gasteiger partial charge in [0.2, 0.25) is 0 Å². The molecule has 2 bridgehead atoms. The van der Waals surface area contributed by atoms with Gasteiger partial charge in [-0.2, -0.15) is 0 Å². The first-order chi connectivity index (χ1) is 4.77. The highest BCUT2D eigenvalue weighted by Gasteiger charge is 2.24. The lowest BCUT2D eigenvalue weighted by Gasteiger charge is -2.07. The molecule has 0 aromatic heterocycles. The summed E-state index contributed by atoms with van der Waals surface area (Å²) in [6.45, 7) is 4.62. The molecule has 2 rings (SSSR count). The van der Waals surface area contributed by atoms with E-state index in [0.717, 1.165) is 5.92 Å². The minimum absolute atomic E-state index is 0.854. The Morgan fingerprint density at radius 1 is 1.50 bits per heavy atom. The van der Waals surface area contributed by atoms with Gasteiger partial charge in [0.25, 0.3) is 0 Å². The lowest BCUT2D eigenvalue weighted by Crippen LogP contribution is -1.89. The monoisotopic (exact) mass is 134 g/mol. The molecule has 0 amide bonds. The first-order valence-corrected chi connectivity index (χ1v) is 4.14. The summed E-state index contributed by atoms with van der Waals surface area (Å²) in [5.74, 6) is 0.854. The molecular formula is C10H14. The molecular weight excluding hydrogens is 120 g/mol. The summed E-state index contributed by atoms with van der Waals surface area (Å²) in [4.78, 5) is 0. The Kier molecular flexibility index (Phi) is 1.23. The fraction of sp³-hybridized carbons (Fsp3) is 0.600. The molecule has 0 N–H and O–H groups in total. The Bertz CT molecular complexity index is 218. The van der Waals surface area contributed by atoms with E-state index >= 15 is 0 Å². The van der Waals surface area contributed by atoms with Crippen molar-refractivity contribution in [2.45, 2.75) is 33.1 Å². The van der Waals surface area contributed by atoms with Gasteiger partial charge in [-0.3, -0.25) is 0 Å². The summed E-state index contributed by atoms with van der Waals surface area (Å²) in [5.41, 5.74) is 5.05. The molecule has 0 heterocycles. The highest BCUT2D eigenvalue weighted by Crippen LogP contribution is 2.41. The van der Waals surface area contributed by atoms with Gasteiger partial charge < -0.3 is 0 Å². The average molecular weight is 134 g/mol. The molecule has 0 aromatic carbocycles. The minimum atomic E-state index is 0.854. The Morgan fingerprint density at radius 3 is 3.00 bits per heavy atom. The zero-order valence-corrected chi connectivity index (χ0v) is 6.78. The number of rotatable bonds is 0. The highest BCUT2D eigenvalue weighted by atomic mass is 14.3. The third kappa shape index (κ3) is 0.749. The normalized spacial score (nSPS) is 31.0. The van der Waals surface area contributed by atoms with E-state index in [2.05, 4.69) is 19.9 Å². The predicted octanol–water partition coefficient (Wildman–Crippen LogP) is 3.06. The Morgan fingerprint density at radius 2 is 2.30 bits per heavy atom. The van der Waals surface area contributed by atoms with Gasteiger partial charge in [-0.25, -0.2) is 0 Å². The summed E-state index contributed by atoms with van der Waals surface area (Å²) in [6.07, 6.45) is 6.30. The van der Waals surface area contributed by atoms with Crippen molar-refractivity contribution >= 4 is 0 Å². The van der Waals surface area contributed by atoms with Crippen LogP contribution in [0.2, 0.25) is 0 Å². The zero-order chi connectivity index (χ0) is 7.14. The predicted molar refractivity (Wildman–Crippen MR) is 43.8 cm³/mol. The van der Waals surface area contributed by atoms with Gasteiger partial charge in [-0.15, -0.1) is 0 Å². The molecule has 1 unspecified atom stereocenters. The summed E-state index contributed by atoms with van der Waals surface area (Å²) in [7, 11) is 0. The molecule has 1 fully saturated rings. The molecule has 0 radical (unpaired) electrons. The molecule has 2 aliphatic carbocycles. The largest absolute Gasteiger partial charge is 0.0807 e. The fourth-order valence-corrected chi connectivity index (χ4v) is 2.02. The third-order valence-electron chi connectivity index (χ3n) is 2.88. The number of allylic oxidation sites excluding steroid dienone is 4. The van der Waals surface area contributed by atoms with Gasteiger partial charge in [-0.1, -0.05) is 29.7 Å². The van der Waals surface area contributed by atoms with Crippen LogP contribution in [0.25, 0.3) is 0 Å². The van der Waals surface area contributed by atoms with E-state index in [0.29, 0.717) is 0 Å². The molecule has 0 heteroatoms. The topological polar surface area (TPSA) is 0 Å². The van der Waals surface area contributed by atoms with Crippen LogP contribution in [0.5, 0.6) is 0 Å². The van der Waals surface area contributed by atoms with Crippen LogP contribution in [0, 0.1) is 5.92 Å². The smallest absolute Gasteiger partial charge is 0.0103 e. The molecule has 1 saturated carbocycles. The summed E-state index contributed by atoms with van der Waals surface area (Å²) >= 11 is 0. The van der Waals surface area contributed by atoms with Crippen molar-refractivity contribution in [1.82, 2.24) is 0 Å². The van der Waals surface area contributed by atoms with Crippen LogP contribution < -0.4 is 0 Å². The maximum atomic E-state index is 2.43. The number of hydrogen-bond donors (Lipinski definition) is 0. The maximum absolute atomic E-state index is 2.43. The van der Waals surface area contributed by atoms with Crippen molar-refractivity contribution < 1.29 is 0 Å². The standard InChI is InChI=1S/C10H14/c1-7-3-4-9-6-10(7)5-8(9)2/h4,8H,3,5-6H2,1-2H3. The quantitative estimate of drug-likeness (QED) is 0.447. The van der Waals surface area contributed by atoms with Crippen LogP contribution in [0.4, 0.5) is 0 Å². The van der Waals surface area contributed by atoms with Crippen LogP contribution in [0.15, 0.2) is 22.8 Å². The third-order valence-corrected chi connectivity index (χ3v) is 2.88. The highest BCUT2D eigenvalue weighted by molar-refractivity contribution is 5.35. The van der Waals surface area contributed by atoms with E-state index in [9.17, 15) is 0 Å². The van der Waals surface area contributed by atoms with E-state index in [4.69, 9.17) is 0 Å². The van der Waals surface area contributed by atoms with Gasteiger partial charge >= 0.3 is 0 Å². The second kappa shape index (κ2) is 1.98. The van der Waals surface area contributed by atoms with Gasteiger partial charge in [0.15, 0.2) is 0 Å². The SMILES string of the molecule is CC1=C2CC(=CC1)C(C)C2. The first kappa shape index (κ1) is 6.21. The molecule has 1 atom stereocenters. The van der Waals surface area contributed by atoms with Crippen LogP contribution >= 0.6 is 0 Å². The summed E-state index contributed by atoms with van der Waals surface area (Å²) in [5, 5.41) is 0. The molecule has 0 aromatic rings. The first-order valence-electron chi connectivity index (χ1n) is 4.14. The van der Waals surface area contributed by atoms with E-state index in [1.54, 1.807) is 16.7 Å². The van der Waals surface area contributed by atoms with Crippen LogP contribution in [-0.2, 0) is 0 Å². The van der Waals surface area contributed by atoms with Crippen molar-refractivity contribution in [2.24, 2.45) is 5.92 Å². The van der Waals surface area contributed by atoms with Gasteiger partial charge in [0.05, 0.1) is 0 Å². The molecule has 2 aliphatic rings. The Balaban J connectivity index is 2.37. The summed E-state index contributed by atoms with van der Waals surface area (Å²) < 4.78 is 0. The van der Waals surface area contributed by atoms with Crippen molar-refractivity contribution in [3.8, 4) is 0 Å². The molecule has 0 nitrogen and oxygen atoms in total. The second-order valence-corrected chi connectivity index (χ2v) is 3.65. The molecule has 0 aliphatic heterocycles. The van der Waals surface area contributed by atoms with Crippen molar-refractivity contribution in [3.05, 3.63) is 22.8 Å². The van der Waals surface area contributed by atoms with Crippen LogP contribution in [-0.4, -0.2) is 0 Å². The van der Waals surface area contributed by atoms with Crippen molar-refractivity contribution in [3.63, 3.8) is 0 Å². The van der Waals surface area contributed by atoms with Crippen molar-refractivity contribution in [1.29, 1.82) is 0 Å². The van der Waals surface area contributed by atoms with Crippen LogP contribution in [0.1, 0.15) is 33.1 Å². The van der Waals surface area contributed by atoms with Gasteiger partial charge in [0.1, 0.15) is 0 Å². The van der Waals surface area contributed by atoms with Crippen LogP contribution in [0.3, 0.4) is 0 Å². The van der Waals surface area contributed by atoms with E-state index in [1.807, 2.05) is 0 Å². The van der Waals surface area contributed by atoms with E-state index in [-0.39, 0.29) is 0 Å². The minimum Gasteiger partial charge on any atom is -0.0807 e. The Hall–Kier alpha value is -0.520. The molecule has 0 spiro atoms. The van der Waals surface area contributed by atoms with Gasteiger partial charge in [-0.05, 0) is 32.1 Å². The zero-order valence-electron chi connectivity index (χ0n) is 6.78. The molecule has 0 saturated heterocycles. The fourth-order valence-electron chi connectivity index (χ4n) is 2.02. The average Bonchev–Trinajstić information content (AvgIpc) is 2.21. The maximum Gasteiger partial charge on any atom is -0.0103 e. The lowest BCUT2D eigenvalue weighted by atomic mass is 9.99. The lowest BCUT2D eigenvalue weighted by molar-refractivity contribution is 0.740. The van der Waals surface area contributed by atoms with E-state index in [1.165, 1.54) is 19.3 Å². The van der Waals surface area contributed by atoms with E-state index < -0.39 is 0 Å². The number of hydrogen-bond acceptors (Lipinski definition) is 0. The van der Waals surface area contributed by atoms with Gasteiger partial charge in [0, 0.05) is 0 Å². The Labute approximate surface area is 62.6 Å². The molecule has 10 heavy (non-hydrogen) atoms. The summed E-state index contributed by atoms with van der Waals surface area (Å²) in [6, 6.07) is 0. The second-order valence-electron chi connectivity index (χ2n) is 3.65. The number of fused-ring (bicyclic) bond motifs is 2.